The summed E-state index contributed by atoms with van der Waals surface area (Å²) in [6.45, 7) is 9.17. The number of benzene rings is 2. The van der Waals surface area contributed by atoms with Gasteiger partial charge in [0.15, 0.2) is 11.6 Å². The molecule has 2 aromatic carbocycles. The number of guanidine groups is 1. The maximum atomic E-state index is 13.5. The van der Waals surface area contributed by atoms with Crippen LogP contribution >= 0.6 is 0 Å². The van der Waals surface area contributed by atoms with E-state index in [0.717, 1.165) is 0 Å². The number of rotatable bonds is 2. The van der Waals surface area contributed by atoms with Crippen molar-refractivity contribution in [3.8, 4) is 5.75 Å². The molecule has 4 N–H and O–H groups in total. The van der Waals surface area contributed by atoms with Crippen LogP contribution in [0.4, 0.5) is 10.1 Å². The first kappa shape index (κ1) is 17.2. The van der Waals surface area contributed by atoms with Crippen molar-refractivity contribution in [1.82, 2.24) is 0 Å². The minimum absolute atomic E-state index is 0.178. The first-order chi connectivity index (χ1) is 12.4. The molecular formula is C19H15FN4O2. The van der Waals surface area contributed by atoms with Crippen LogP contribution in [0, 0.1) is 12.4 Å². The van der Waals surface area contributed by atoms with E-state index in [-0.39, 0.29) is 23.3 Å². The Morgan fingerprint density at radius 1 is 1.23 bits per heavy atom. The van der Waals surface area contributed by atoms with Gasteiger partial charge in [-0.15, -0.1) is 0 Å². The molecule has 0 fully saturated rings. The minimum atomic E-state index is -0.588. The van der Waals surface area contributed by atoms with Crippen molar-refractivity contribution in [3.05, 3.63) is 76.4 Å². The van der Waals surface area contributed by atoms with Crippen molar-refractivity contribution in [2.24, 2.45) is 16.5 Å². The monoisotopic (exact) mass is 350 g/mol. The second kappa shape index (κ2) is 6.69. The van der Waals surface area contributed by atoms with E-state index in [2.05, 4.69) is 9.84 Å². The summed E-state index contributed by atoms with van der Waals surface area (Å²) in [5, 5.41) is 0. The van der Waals surface area contributed by atoms with E-state index >= 15 is 0 Å². The van der Waals surface area contributed by atoms with Crippen LogP contribution in [0.15, 0.2) is 47.5 Å². The Labute approximate surface area is 149 Å². The molecule has 0 bridgehead atoms. The lowest BCUT2D eigenvalue weighted by Crippen LogP contribution is -2.24. The number of carbonyl (C=O) groups excluding carboxylic acids is 1. The predicted octanol–water partition coefficient (Wildman–Crippen LogP) is 3.00. The van der Waals surface area contributed by atoms with Gasteiger partial charge in [-0.2, -0.15) is 4.99 Å². The van der Waals surface area contributed by atoms with Crippen LogP contribution in [0.3, 0.4) is 0 Å². The maximum Gasteiger partial charge on any atom is 0.280 e. The normalized spacial score (nSPS) is 15.1. The number of hydrogen-bond donors (Lipinski definition) is 2. The molecule has 3 rings (SSSR count). The molecular weight excluding hydrogens is 335 g/mol. The van der Waals surface area contributed by atoms with Crippen molar-refractivity contribution >= 4 is 23.1 Å². The number of nitrogens with zero attached hydrogens (tertiary/aromatic N) is 2. The van der Waals surface area contributed by atoms with Crippen molar-refractivity contribution in [3.63, 3.8) is 0 Å². The molecule has 1 aliphatic heterocycles. The quantitative estimate of drug-likeness (QED) is 0.494. The smallest absolute Gasteiger partial charge is 0.280 e. The van der Waals surface area contributed by atoms with Gasteiger partial charge in [-0.25, -0.2) is 9.24 Å². The number of hydrogen-bond acceptors (Lipinski definition) is 2. The van der Waals surface area contributed by atoms with E-state index < -0.39 is 11.7 Å². The molecule has 1 amide bonds. The first-order valence-corrected chi connectivity index (χ1v) is 7.73. The lowest BCUT2D eigenvalue weighted by atomic mass is 9.91. The van der Waals surface area contributed by atoms with E-state index in [1.165, 1.54) is 12.1 Å². The molecule has 7 heteroatoms. The zero-order valence-electron chi connectivity index (χ0n) is 13.9. The molecule has 0 radical (unpaired) electrons. The Morgan fingerprint density at radius 3 is 2.69 bits per heavy atom. The number of amides is 1. The highest BCUT2D eigenvalue weighted by atomic mass is 19.1. The van der Waals surface area contributed by atoms with Crippen LogP contribution in [-0.4, -0.2) is 18.0 Å². The number of fused-ring (bicyclic) bond motifs is 1. The van der Waals surface area contributed by atoms with E-state index in [0.29, 0.717) is 22.4 Å². The molecule has 26 heavy (non-hydrogen) atoms. The number of aliphatic imine (C=N–C) groups is 1. The Kier molecular flexibility index (Phi) is 4.42. The Hall–Kier alpha value is -3.66. The van der Waals surface area contributed by atoms with Crippen molar-refractivity contribution in [1.29, 1.82) is 0 Å². The summed E-state index contributed by atoms with van der Waals surface area (Å²) in [5.74, 6) is -0.855. The summed E-state index contributed by atoms with van der Waals surface area (Å²) in [4.78, 5) is 19.0. The average molecular weight is 350 g/mol. The third-order valence-corrected chi connectivity index (χ3v) is 3.83. The SMILES string of the molecule is [C-]#[N+]c1cc(F)ccc1C1=CC(C)Oc2ccc(C(=O)N=C(N)N)cc21. The lowest BCUT2D eigenvalue weighted by molar-refractivity contribution is 0.100. The molecule has 0 saturated heterocycles. The van der Waals surface area contributed by atoms with E-state index in [4.69, 9.17) is 22.8 Å². The summed E-state index contributed by atoms with van der Waals surface area (Å²) in [5.41, 5.74) is 12.8. The molecule has 1 unspecified atom stereocenters. The highest BCUT2D eigenvalue weighted by molar-refractivity contribution is 6.03. The number of halogens is 1. The summed E-state index contributed by atoms with van der Waals surface area (Å²) in [6, 6.07) is 8.81. The second-order valence-electron chi connectivity index (χ2n) is 5.73. The first-order valence-electron chi connectivity index (χ1n) is 7.73. The number of nitrogens with two attached hydrogens (primary N) is 2. The maximum absolute atomic E-state index is 13.5. The molecule has 0 spiro atoms. The van der Waals surface area contributed by atoms with Gasteiger partial charge in [0.25, 0.3) is 5.91 Å². The van der Waals surface area contributed by atoms with Crippen molar-refractivity contribution in [2.45, 2.75) is 13.0 Å². The van der Waals surface area contributed by atoms with Gasteiger partial charge in [0.1, 0.15) is 17.7 Å². The molecule has 2 aromatic rings. The molecule has 1 heterocycles. The van der Waals surface area contributed by atoms with Crippen LogP contribution in [0.25, 0.3) is 10.4 Å². The fourth-order valence-electron chi connectivity index (χ4n) is 2.78. The zero-order valence-corrected chi connectivity index (χ0v) is 13.9. The summed E-state index contributed by atoms with van der Waals surface area (Å²) < 4.78 is 19.3. The van der Waals surface area contributed by atoms with E-state index in [1.807, 2.05) is 13.0 Å². The van der Waals surface area contributed by atoms with Crippen molar-refractivity contribution in [2.75, 3.05) is 0 Å². The molecule has 130 valence electrons. The topological polar surface area (TPSA) is 95.1 Å². The standard InChI is InChI=1S/C19H15FN4O2/c1-10-7-14(13-5-4-12(20)9-16(13)23-2)15-8-11(3-6-17(15)26-10)18(25)24-19(21)22/h3-10H,1H3,(H4,21,22,24,25). The van der Waals surface area contributed by atoms with E-state index in [9.17, 15) is 9.18 Å². The minimum Gasteiger partial charge on any atom is -0.486 e. The summed E-state index contributed by atoms with van der Waals surface area (Å²) in [6.07, 6.45) is 1.57. The van der Waals surface area contributed by atoms with Crippen LogP contribution in [0.5, 0.6) is 5.75 Å². The Balaban J connectivity index is 2.17. The van der Waals surface area contributed by atoms with Crippen LogP contribution in [0.1, 0.15) is 28.4 Å². The van der Waals surface area contributed by atoms with Gasteiger partial charge in [-0.1, -0.05) is 6.07 Å². The largest absolute Gasteiger partial charge is 0.486 e. The molecule has 1 aliphatic rings. The highest BCUT2D eigenvalue weighted by Crippen LogP contribution is 2.40. The van der Waals surface area contributed by atoms with Gasteiger partial charge < -0.3 is 16.2 Å². The van der Waals surface area contributed by atoms with E-state index in [1.54, 1.807) is 24.3 Å². The molecule has 0 aliphatic carbocycles. The van der Waals surface area contributed by atoms with Gasteiger partial charge in [0.2, 0.25) is 0 Å². The highest BCUT2D eigenvalue weighted by Gasteiger charge is 2.23. The predicted molar refractivity (Wildman–Crippen MR) is 96.4 cm³/mol. The summed E-state index contributed by atoms with van der Waals surface area (Å²) >= 11 is 0. The fraction of sp³-hybridized carbons (Fsp3) is 0.105. The molecule has 0 aromatic heterocycles. The van der Waals surface area contributed by atoms with Gasteiger partial charge >= 0.3 is 0 Å². The van der Waals surface area contributed by atoms with Gasteiger partial charge in [-0.05, 0) is 54.5 Å². The molecule has 6 nitrogen and oxygen atoms in total. The van der Waals surface area contributed by atoms with Crippen LogP contribution < -0.4 is 16.2 Å². The van der Waals surface area contributed by atoms with Gasteiger partial charge in [-0.3, -0.25) is 4.79 Å². The second-order valence-corrected chi connectivity index (χ2v) is 5.73. The third kappa shape index (κ3) is 3.26. The van der Waals surface area contributed by atoms with Gasteiger partial charge in [0.05, 0.1) is 6.57 Å². The van der Waals surface area contributed by atoms with Gasteiger partial charge in [0, 0.05) is 11.1 Å². The average Bonchev–Trinajstić information content (AvgIpc) is 2.60. The molecule has 1 atom stereocenters. The Bertz CT molecular complexity index is 1000. The number of ether oxygens (including phenoxy) is 1. The third-order valence-electron chi connectivity index (χ3n) is 3.83. The van der Waals surface area contributed by atoms with Crippen molar-refractivity contribution < 1.29 is 13.9 Å². The lowest BCUT2D eigenvalue weighted by Gasteiger charge is -2.24. The fourth-order valence-corrected chi connectivity index (χ4v) is 2.78. The Morgan fingerprint density at radius 2 is 2.00 bits per heavy atom. The van der Waals surface area contributed by atoms with Crippen LogP contribution in [-0.2, 0) is 0 Å². The summed E-state index contributed by atoms with van der Waals surface area (Å²) in [7, 11) is 0. The number of carbonyl (C=O) groups is 1. The zero-order chi connectivity index (χ0) is 18.8. The van der Waals surface area contributed by atoms with Crippen LogP contribution in [0.2, 0.25) is 0 Å². The molecule has 0 saturated carbocycles.